The highest BCUT2D eigenvalue weighted by Crippen LogP contribution is 2.13. The second kappa shape index (κ2) is 5.32. The highest BCUT2D eigenvalue weighted by Gasteiger charge is 2.11. The van der Waals surface area contributed by atoms with Crippen LogP contribution in [0, 0.1) is 0 Å². The third-order valence-corrected chi connectivity index (χ3v) is 2.99. The van der Waals surface area contributed by atoms with Gasteiger partial charge in [0.15, 0.2) is 5.11 Å². The van der Waals surface area contributed by atoms with Gasteiger partial charge < -0.3 is 5.32 Å². The molecule has 0 fully saturated rings. The number of halogens is 1. The van der Waals surface area contributed by atoms with Crippen LogP contribution in [-0.2, 0) is 0 Å². The van der Waals surface area contributed by atoms with Gasteiger partial charge in [0.2, 0.25) is 0 Å². The van der Waals surface area contributed by atoms with Crippen molar-refractivity contribution in [2.45, 2.75) is 0 Å². The Labute approximate surface area is 117 Å². The number of amides is 1. The minimum atomic E-state index is -0.321. The van der Waals surface area contributed by atoms with Gasteiger partial charge in [-0.2, -0.15) is 0 Å². The van der Waals surface area contributed by atoms with Crippen LogP contribution < -0.4 is 16.2 Å². The number of thiocarbonyl (C=S) groups is 1. The third-order valence-electron chi connectivity index (χ3n) is 2.22. The highest BCUT2D eigenvalue weighted by atomic mass is 79.9. The zero-order valence-corrected chi connectivity index (χ0v) is 11.8. The number of imidazole rings is 1. The number of nitrogens with one attached hydrogen (secondary N) is 3. The molecule has 2 heterocycles. The van der Waals surface area contributed by atoms with Crippen LogP contribution in [0.4, 0.5) is 0 Å². The summed E-state index contributed by atoms with van der Waals surface area (Å²) in [6.45, 7) is 0. The van der Waals surface area contributed by atoms with E-state index in [9.17, 15) is 4.79 Å². The van der Waals surface area contributed by atoms with E-state index in [4.69, 9.17) is 12.2 Å². The molecule has 1 amide bonds. The first-order valence-electron chi connectivity index (χ1n) is 5.02. The average molecular weight is 328 g/mol. The van der Waals surface area contributed by atoms with Crippen LogP contribution in [0.5, 0.6) is 0 Å². The SMILES string of the molecule is CNC(=S)NNC(=O)c1cnc2ccc(Br)cn12. The first-order valence-corrected chi connectivity index (χ1v) is 6.22. The van der Waals surface area contributed by atoms with Crippen LogP contribution in [0.25, 0.3) is 5.65 Å². The summed E-state index contributed by atoms with van der Waals surface area (Å²) in [6, 6.07) is 3.67. The van der Waals surface area contributed by atoms with E-state index in [1.807, 2.05) is 12.1 Å². The van der Waals surface area contributed by atoms with E-state index >= 15 is 0 Å². The molecule has 0 saturated heterocycles. The lowest BCUT2D eigenvalue weighted by Gasteiger charge is -2.08. The Kier molecular flexibility index (Phi) is 3.78. The van der Waals surface area contributed by atoms with E-state index in [0.29, 0.717) is 16.5 Å². The molecule has 0 atom stereocenters. The second-order valence-electron chi connectivity index (χ2n) is 3.38. The molecule has 0 aliphatic heterocycles. The summed E-state index contributed by atoms with van der Waals surface area (Å²) in [5, 5.41) is 3.02. The van der Waals surface area contributed by atoms with Crippen molar-refractivity contribution in [2.75, 3.05) is 7.05 Å². The first kappa shape index (κ1) is 12.8. The Morgan fingerprint density at radius 3 is 2.94 bits per heavy atom. The van der Waals surface area contributed by atoms with Crippen LogP contribution >= 0.6 is 28.1 Å². The van der Waals surface area contributed by atoms with Gasteiger partial charge in [-0.15, -0.1) is 0 Å². The van der Waals surface area contributed by atoms with Crippen molar-refractivity contribution in [1.82, 2.24) is 25.6 Å². The van der Waals surface area contributed by atoms with E-state index in [1.165, 1.54) is 6.20 Å². The molecular weight excluding hydrogens is 318 g/mol. The summed E-state index contributed by atoms with van der Waals surface area (Å²) in [5.41, 5.74) is 6.15. The number of carbonyl (C=O) groups is 1. The lowest BCUT2D eigenvalue weighted by Crippen LogP contribution is -2.45. The van der Waals surface area contributed by atoms with Crippen LogP contribution in [0.15, 0.2) is 29.0 Å². The second-order valence-corrected chi connectivity index (χ2v) is 4.70. The predicted octanol–water partition coefficient (Wildman–Crippen LogP) is 0.835. The summed E-state index contributed by atoms with van der Waals surface area (Å²) >= 11 is 8.20. The number of hydrazine groups is 1. The Hall–Kier alpha value is -1.67. The fourth-order valence-electron chi connectivity index (χ4n) is 1.36. The monoisotopic (exact) mass is 327 g/mol. The molecule has 0 aromatic carbocycles. The smallest absolute Gasteiger partial charge is 0.288 e. The van der Waals surface area contributed by atoms with Crippen molar-refractivity contribution in [3.63, 3.8) is 0 Å². The summed E-state index contributed by atoms with van der Waals surface area (Å²) in [7, 11) is 1.66. The fraction of sp³-hybridized carbons (Fsp3) is 0.100. The molecule has 0 spiro atoms. The molecule has 2 aromatic rings. The molecule has 0 saturated carbocycles. The number of hydrogen-bond acceptors (Lipinski definition) is 3. The van der Waals surface area contributed by atoms with Gasteiger partial charge in [-0.1, -0.05) is 0 Å². The van der Waals surface area contributed by atoms with Gasteiger partial charge >= 0.3 is 0 Å². The maximum atomic E-state index is 11.9. The van der Waals surface area contributed by atoms with Gasteiger partial charge in [0.05, 0.1) is 6.20 Å². The molecular formula is C10H10BrN5OS. The zero-order chi connectivity index (χ0) is 13.1. The van der Waals surface area contributed by atoms with Gasteiger partial charge in [0.25, 0.3) is 5.91 Å². The Balaban J connectivity index is 2.22. The predicted molar refractivity (Wildman–Crippen MR) is 75.2 cm³/mol. The van der Waals surface area contributed by atoms with Crippen LogP contribution in [-0.4, -0.2) is 27.5 Å². The van der Waals surface area contributed by atoms with E-state index in [0.717, 1.165) is 4.47 Å². The van der Waals surface area contributed by atoms with Gasteiger partial charge in [-0.05, 0) is 40.3 Å². The molecule has 2 rings (SSSR count). The number of pyridine rings is 1. The highest BCUT2D eigenvalue weighted by molar-refractivity contribution is 9.10. The summed E-state index contributed by atoms with van der Waals surface area (Å²) in [5.74, 6) is -0.321. The maximum Gasteiger partial charge on any atom is 0.288 e. The van der Waals surface area contributed by atoms with Crippen molar-refractivity contribution >= 4 is 44.8 Å². The lowest BCUT2D eigenvalue weighted by atomic mass is 10.4. The minimum absolute atomic E-state index is 0.321. The Morgan fingerprint density at radius 1 is 1.44 bits per heavy atom. The fourth-order valence-corrected chi connectivity index (χ4v) is 1.75. The molecule has 0 bridgehead atoms. The van der Waals surface area contributed by atoms with Crippen molar-refractivity contribution in [1.29, 1.82) is 0 Å². The molecule has 0 radical (unpaired) electrons. The number of nitrogens with zero attached hydrogens (tertiary/aromatic N) is 2. The van der Waals surface area contributed by atoms with Crippen LogP contribution in [0.2, 0.25) is 0 Å². The van der Waals surface area contributed by atoms with Crippen molar-refractivity contribution in [2.24, 2.45) is 0 Å². The van der Waals surface area contributed by atoms with Gasteiger partial charge in [0, 0.05) is 17.7 Å². The summed E-state index contributed by atoms with van der Waals surface area (Å²) in [4.78, 5) is 16.0. The van der Waals surface area contributed by atoms with E-state index in [-0.39, 0.29) is 5.91 Å². The maximum absolute atomic E-state index is 11.9. The number of aromatic nitrogens is 2. The first-order chi connectivity index (χ1) is 8.61. The molecule has 2 aromatic heterocycles. The Morgan fingerprint density at radius 2 is 2.22 bits per heavy atom. The normalized spacial score (nSPS) is 10.1. The topological polar surface area (TPSA) is 70.5 Å². The molecule has 18 heavy (non-hydrogen) atoms. The summed E-state index contributed by atoms with van der Waals surface area (Å²) in [6.07, 6.45) is 3.27. The van der Waals surface area contributed by atoms with E-state index in [1.54, 1.807) is 17.6 Å². The molecule has 0 aliphatic rings. The zero-order valence-electron chi connectivity index (χ0n) is 9.40. The Bertz CT molecular complexity index is 611. The number of rotatable bonds is 1. The molecule has 0 aliphatic carbocycles. The molecule has 6 nitrogen and oxygen atoms in total. The standard InChI is InChI=1S/C10H10BrN5OS/c1-12-10(18)15-14-9(17)7-4-13-8-3-2-6(11)5-16(7)8/h2-5H,1H3,(H,14,17)(H2,12,15,18). The van der Waals surface area contributed by atoms with Crippen molar-refractivity contribution < 1.29 is 4.79 Å². The largest absolute Gasteiger partial charge is 0.364 e. The molecule has 0 unspecified atom stereocenters. The molecule has 8 heteroatoms. The van der Waals surface area contributed by atoms with Gasteiger partial charge in [-0.25, -0.2) is 4.98 Å². The van der Waals surface area contributed by atoms with Crippen LogP contribution in [0.1, 0.15) is 10.5 Å². The summed E-state index contributed by atoms with van der Waals surface area (Å²) < 4.78 is 2.55. The third kappa shape index (κ3) is 2.59. The van der Waals surface area contributed by atoms with E-state index in [2.05, 4.69) is 37.1 Å². The number of carbonyl (C=O) groups excluding carboxylic acids is 1. The van der Waals surface area contributed by atoms with Gasteiger partial charge in [-0.3, -0.25) is 20.0 Å². The van der Waals surface area contributed by atoms with Crippen molar-refractivity contribution in [3.05, 3.63) is 34.7 Å². The van der Waals surface area contributed by atoms with Crippen molar-refractivity contribution in [3.8, 4) is 0 Å². The average Bonchev–Trinajstić information content (AvgIpc) is 2.78. The quantitative estimate of drug-likeness (QED) is 0.534. The number of hydrogen-bond donors (Lipinski definition) is 3. The van der Waals surface area contributed by atoms with E-state index < -0.39 is 0 Å². The molecule has 3 N–H and O–H groups in total. The van der Waals surface area contributed by atoms with Crippen LogP contribution in [0.3, 0.4) is 0 Å². The number of fused-ring (bicyclic) bond motifs is 1. The lowest BCUT2D eigenvalue weighted by molar-refractivity contribution is 0.0938. The minimum Gasteiger partial charge on any atom is -0.364 e. The molecule has 94 valence electrons. The van der Waals surface area contributed by atoms with Gasteiger partial charge in [0.1, 0.15) is 11.3 Å².